The number of hydrazine groups is 1. The molecular formula is C26H16ClN5OS3. The number of benzene rings is 3. The summed E-state index contributed by atoms with van der Waals surface area (Å²) in [5, 5.41) is 7.43. The van der Waals surface area contributed by atoms with Crippen molar-refractivity contribution >= 4 is 78.6 Å². The molecule has 6 rings (SSSR count). The molecule has 2 aromatic heterocycles. The molecule has 1 aliphatic rings. The van der Waals surface area contributed by atoms with Gasteiger partial charge in [-0.2, -0.15) is 10.1 Å². The van der Waals surface area contributed by atoms with Gasteiger partial charge in [0.05, 0.1) is 26.5 Å². The molecule has 1 aliphatic heterocycles. The van der Waals surface area contributed by atoms with E-state index in [4.69, 9.17) is 28.9 Å². The van der Waals surface area contributed by atoms with Crippen LogP contribution < -0.4 is 5.43 Å². The molecule has 3 aromatic carbocycles. The second kappa shape index (κ2) is 9.51. The van der Waals surface area contributed by atoms with E-state index < -0.39 is 0 Å². The Morgan fingerprint density at radius 1 is 0.972 bits per heavy atom. The fraction of sp³-hybridized carbons (Fsp3) is 0. The number of carbonyl (C=O) groups excluding carboxylic acids is 1. The average Bonchev–Trinajstić information content (AvgIpc) is 3.57. The lowest BCUT2D eigenvalue weighted by atomic mass is 10.1. The summed E-state index contributed by atoms with van der Waals surface area (Å²) in [7, 11) is 0. The van der Waals surface area contributed by atoms with Crippen LogP contribution in [0.5, 0.6) is 0 Å². The van der Waals surface area contributed by atoms with Gasteiger partial charge < -0.3 is 0 Å². The van der Waals surface area contributed by atoms with E-state index in [-0.39, 0.29) is 5.91 Å². The molecule has 0 unspecified atom stereocenters. The van der Waals surface area contributed by atoms with Gasteiger partial charge in [0, 0.05) is 22.3 Å². The Labute approximate surface area is 225 Å². The van der Waals surface area contributed by atoms with E-state index in [0.29, 0.717) is 19.4 Å². The number of fused-ring (bicyclic) bond motifs is 1. The molecular weight excluding hydrogens is 530 g/mol. The van der Waals surface area contributed by atoms with Crippen LogP contribution in [-0.4, -0.2) is 30.0 Å². The topological polar surface area (TPSA) is 63.1 Å². The summed E-state index contributed by atoms with van der Waals surface area (Å²) in [6.45, 7) is 0. The highest BCUT2D eigenvalue weighted by atomic mass is 35.5. The number of thiocarbonyl (C=S) groups is 1. The lowest BCUT2D eigenvalue weighted by Gasteiger charge is -2.14. The number of hydrogen-bond donors (Lipinski definition) is 1. The first-order valence-corrected chi connectivity index (χ1v) is 13.3. The number of halogens is 1. The Balaban J connectivity index is 1.35. The Bertz CT molecular complexity index is 1610. The van der Waals surface area contributed by atoms with Crippen molar-refractivity contribution in [3.8, 4) is 16.9 Å². The maximum absolute atomic E-state index is 13.3. The molecule has 0 spiro atoms. The van der Waals surface area contributed by atoms with Crippen LogP contribution in [0.25, 0.3) is 33.2 Å². The zero-order chi connectivity index (χ0) is 24.6. The number of nitrogens with zero attached hydrogens (tertiary/aromatic N) is 4. The minimum atomic E-state index is -0.237. The van der Waals surface area contributed by atoms with Crippen molar-refractivity contribution in [2.75, 3.05) is 5.43 Å². The molecule has 1 saturated heterocycles. The summed E-state index contributed by atoms with van der Waals surface area (Å²) in [6.07, 6.45) is 3.74. The van der Waals surface area contributed by atoms with Gasteiger partial charge in [0.25, 0.3) is 5.91 Å². The monoisotopic (exact) mass is 545 g/mol. The van der Waals surface area contributed by atoms with E-state index in [2.05, 4.69) is 10.4 Å². The SMILES string of the molecule is O=C1C(=Cc2cn(-c3ccccc3)nc2-c2ccc(Cl)cc2)SC(=S)N1Nc1nc2ccccc2s1. The molecule has 0 atom stereocenters. The van der Waals surface area contributed by atoms with Gasteiger partial charge in [-0.15, -0.1) is 0 Å². The van der Waals surface area contributed by atoms with Gasteiger partial charge in [-0.3, -0.25) is 10.2 Å². The van der Waals surface area contributed by atoms with E-state index in [0.717, 1.165) is 32.7 Å². The van der Waals surface area contributed by atoms with Crippen LogP contribution in [0.2, 0.25) is 5.02 Å². The second-order valence-electron chi connectivity index (χ2n) is 7.84. The molecule has 0 bridgehead atoms. The molecule has 1 fully saturated rings. The predicted octanol–water partition coefficient (Wildman–Crippen LogP) is 7.03. The van der Waals surface area contributed by atoms with E-state index in [1.807, 2.05) is 91.1 Å². The number of anilines is 1. The predicted molar refractivity (Wildman–Crippen MR) is 152 cm³/mol. The lowest BCUT2D eigenvalue weighted by molar-refractivity contribution is -0.121. The Morgan fingerprint density at radius 2 is 1.72 bits per heavy atom. The average molecular weight is 546 g/mol. The molecule has 0 radical (unpaired) electrons. The highest BCUT2D eigenvalue weighted by molar-refractivity contribution is 8.26. The van der Waals surface area contributed by atoms with Crippen molar-refractivity contribution in [3.63, 3.8) is 0 Å². The number of nitrogens with one attached hydrogen (secondary N) is 1. The third kappa shape index (κ3) is 4.42. The fourth-order valence-electron chi connectivity index (χ4n) is 3.76. The fourth-order valence-corrected chi connectivity index (χ4v) is 5.91. The van der Waals surface area contributed by atoms with Crippen molar-refractivity contribution < 1.29 is 4.79 Å². The van der Waals surface area contributed by atoms with Crippen molar-refractivity contribution in [1.82, 2.24) is 19.8 Å². The van der Waals surface area contributed by atoms with Crippen molar-refractivity contribution in [2.24, 2.45) is 0 Å². The van der Waals surface area contributed by atoms with Crippen molar-refractivity contribution in [1.29, 1.82) is 0 Å². The first-order chi connectivity index (χ1) is 17.5. The smallest absolute Gasteiger partial charge is 0.266 e. The first-order valence-electron chi connectivity index (χ1n) is 10.9. The molecule has 0 saturated carbocycles. The summed E-state index contributed by atoms with van der Waals surface area (Å²) >= 11 is 14.3. The van der Waals surface area contributed by atoms with Gasteiger partial charge >= 0.3 is 0 Å². The largest absolute Gasteiger partial charge is 0.285 e. The number of carbonyl (C=O) groups is 1. The van der Waals surface area contributed by atoms with Crippen molar-refractivity contribution in [2.45, 2.75) is 0 Å². The van der Waals surface area contributed by atoms with Gasteiger partial charge in [-0.25, -0.2) is 9.67 Å². The van der Waals surface area contributed by atoms with E-state index in [1.54, 1.807) is 4.68 Å². The molecule has 36 heavy (non-hydrogen) atoms. The summed E-state index contributed by atoms with van der Waals surface area (Å²) < 4.78 is 3.24. The van der Waals surface area contributed by atoms with Gasteiger partial charge in [0.1, 0.15) is 0 Å². The van der Waals surface area contributed by atoms with Crippen molar-refractivity contribution in [3.05, 3.63) is 101 Å². The highest BCUT2D eigenvalue weighted by Crippen LogP contribution is 2.36. The normalized spacial score (nSPS) is 14.8. The zero-order valence-electron chi connectivity index (χ0n) is 18.5. The van der Waals surface area contributed by atoms with Gasteiger partial charge in [-0.1, -0.05) is 77.2 Å². The number of para-hydroxylation sites is 2. The zero-order valence-corrected chi connectivity index (χ0v) is 21.7. The second-order valence-corrected chi connectivity index (χ2v) is 11.0. The number of rotatable bonds is 5. The van der Waals surface area contributed by atoms with E-state index in [9.17, 15) is 4.79 Å². The van der Waals surface area contributed by atoms with Gasteiger partial charge in [0.15, 0.2) is 4.32 Å². The molecule has 5 aromatic rings. The maximum atomic E-state index is 13.3. The van der Waals surface area contributed by atoms with Crippen LogP contribution in [0.4, 0.5) is 5.13 Å². The third-order valence-corrected chi connectivity index (χ3v) is 7.96. The van der Waals surface area contributed by atoms with Crippen LogP contribution >= 0.6 is 46.9 Å². The quantitative estimate of drug-likeness (QED) is 0.189. The van der Waals surface area contributed by atoms with Crippen LogP contribution in [0.1, 0.15) is 5.56 Å². The minimum absolute atomic E-state index is 0.237. The number of thioether (sulfide) groups is 1. The van der Waals surface area contributed by atoms with Gasteiger partial charge in [0.2, 0.25) is 5.13 Å². The van der Waals surface area contributed by atoms with Crippen LogP contribution in [-0.2, 0) is 4.79 Å². The summed E-state index contributed by atoms with van der Waals surface area (Å²) in [4.78, 5) is 18.4. The molecule has 176 valence electrons. The molecule has 1 amide bonds. The lowest BCUT2D eigenvalue weighted by Crippen LogP contribution is -2.33. The number of amides is 1. The van der Waals surface area contributed by atoms with Crippen LogP contribution in [0.3, 0.4) is 0 Å². The van der Waals surface area contributed by atoms with E-state index in [1.165, 1.54) is 28.1 Å². The first kappa shape index (κ1) is 22.9. The van der Waals surface area contributed by atoms with Gasteiger partial charge in [-0.05, 0) is 54.7 Å². The number of thiazole rings is 1. The number of hydrogen-bond acceptors (Lipinski definition) is 7. The Kier molecular flexibility index (Phi) is 6.06. The highest BCUT2D eigenvalue weighted by Gasteiger charge is 2.33. The van der Waals surface area contributed by atoms with E-state index >= 15 is 0 Å². The molecule has 0 aliphatic carbocycles. The summed E-state index contributed by atoms with van der Waals surface area (Å²) in [5.74, 6) is -0.237. The standard InChI is InChI=1S/C26H16ClN5OS3/c27-18-12-10-16(11-13-18)23-17(15-31(29-23)19-6-2-1-3-7-19)14-22-24(33)32(26(34)36-22)30-25-28-20-8-4-5-9-21(20)35-25/h1-15H,(H,28,30). The number of aromatic nitrogens is 3. The maximum Gasteiger partial charge on any atom is 0.285 e. The molecule has 3 heterocycles. The van der Waals surface area contributed by atoms with Crippen LogP contribution in [0, 0.1) is 0 Å². The Hall–Kier alpha value is -3.50. The minimum Gasteiger partial charge on any atom is -0.266 e. The summed E-state index contributed by atoms with van der Waals surface area (Å²) in [5.41, 5.74) is 7.29. The van der Waals surface area contributed by atoms with Crippen LogP contribution in [0.15, 0.2) is 90.0 Å². The third-order valence-electron chi connectivity index (χ3n) is 5.46. The summed E-state index contributed by atoms with van der Waals surface area (Å²) in [6, 6.07) is 25.1. The molecule has 1 N–H and O–H groups in total. The Morgan fingerprint density at radius 3 is 2.50 bits per heavy atom. The molecule has 6 nitrogen and oxygen atoms in total. The molecule has 10 heteroatoms.